The zero-order valence-corrected chi connectivity index (χ0v) is 19.3. The van der Waals surface area contributed by atoms with Crippen LogP contribution in [0.3, 0.4) is 0 Å². The van der Waals surface area contributed by atoms with Crippen LogP contribution < -0.4 is 24.8 Å². The number of hydrogen-bond donors (Lipinski definition) is 2. The van der Waals surface area contributed by atoms with E-state index in [1.54, 1.807) is 28.4 Å². The van der Waals surface area contributed by atoms with Crippen molar-refractivity contribution in [3.05, 3.63) is 17.7 Å². The molecule has 0 amide bonds. The van der Waals surface area contributed by atoms with Gasteiger partial charge in [0.25, 0.3) is 0 Å². The molecule has 2 rings (SSSR count). The highest BCUT2D eigenvalue weighted by Crippen LogP contribution is 2.38. The minimum absolute atomic E-state index is 0. The van der Waals surface area contributed by atoms with Crippen LogP contribution in [0.5, 0.6) is 17.2 Å². The number of ether oxygens (including phenoxy) is 3. The largest absolute Gasteiger partial charge is 0.493 e. The maximum absolute atomic E-state index is 5.40. The molecule has 0 spiro atoms. The summed E-state index contributed by atoms with van der Waals surface area (Å²) in [5.74, 6) is 3.94. The summed E-state index contributed by atoms with van der Waals surface area (Å²) in [6.07, 6.45) is 2.54. The summed E-state index contributed by atoms with van der Waals surface area (Å²) < 4.78 is 16.5. The molecule has 0 saturated carbocycles. The van der Waals surface area contributed by atoms with E-state index in [4.69, 9.17) is 14.2 Å². The first-order chi connectivity index (χ1) is 12.0. The normalized spacial score (nSPS) is 19.5. The van der Waals surface area contributed by atoms with Crippen molar-refractivity contribution in [3.8, 4) is 17.2 Å². The second-order valence-electron chi connectivity index (χ2n) is 6.21. The first-order valence-electron chi connectivity index (χ1n) is 8.42. The first-order valence-corrected chi connectivity index (χ1v) is 9.41. The summed E-state index contributed by atoms with van der Waals surface area (Å²) in [5, 5.41) is 6.78. The Labute approximate surface area is 177 Å². The highest BCUT2D eigenvalue weighted by atomic mass is 127. The van der Waals surface area contributed by atoms with Crippen molar-refractivity contribution in [2.75, 3.05) is 40.7 Å². The molecule has 26 heavy (non-hydrogen) atoms. The van der Waals surface area contributed by atoms with E-state index >= 15 is 0 Å². The Balaban J connectivity index is 0.00000338. The van der Waals surface area contributed by atoms with Crippen LogP contribution in [0, 0.1) is 0 Å². The molecule has 6 nitrogen and oxygen atoms in total. The summed E-state index contributed by atoms with van der Waals surface area (Å²) in [7, 11) is 6.63. The highest BCUT2D eigenvalue weighted by molar-refractivity contribution is 14.0. The molecule has 1 atom stereocenters. The minimum Gasteiger partial charge on any atom is -0.493 e. The Morgan fingerprint density at radius 3 is 2.27 bits per heavy atom. The molecule has 1 saturated heterocycles. The maximum Gasteiger partial charge on any atom is 0.203 e. The number of nitrogens with one attached hydrogen (secondary N) is 2. The molecular formula is C18H30IN3O3S. The third-order valence-electron chi connectivity index (χ3n) is 4.34. The molecule has 0 aliphatic carbocycles. The molecular weight excluding hydrogens is 465 g/mol. The van der Waals surface area contributed by atoms with Crippen molar-refractivity contribution in [1.29, 1.82) is 0 Å². The van der Waals surface area contributed by atoms with Crippen LogP contribution in [0.1, 0.15) is 25.3 Å². The topological polar surface area (TPSA) is 64.1 Å². The molecule has 1 aromatic rings. The van der Waals surface area contributed by atoms with Crippen LogP contribution in [0.25, 0.3) is 0 Å². The number of benzene rings is 1. The summed E-state index contributed by atoms with van der Waals surface area (Å²) in [6, 6.07) is 3.88. The van der Waals surface area contributed by atoms with Crippen LogP contribution >= 0.6 is 35.7 Å². The second kappa shape index (κ2) is 11.0. The molecule has 0 radical (unpaired) electrons. The van der Waals surface area contributed by atoms with Gasteiger partial charge in [-0.2, -0.15) is 11.8 Å². The van der Waals surface area contributed by atoms with E-state index in [2.05, 4.69) is 22.5 Å². The fourth-order valence-electron chi connectivity index (χ4n) is 2.89. The third kappa shape index (κ3) is 6.00. The van der Waals surface area contributed by atoms with Gasteiger partial charge in [0.1, 0.15) is 0 Å². The molecule has 1 aliphatic heterocycles. The van der Waals surface area contributed by atoms with Crippen LogP contribution in [0.4, 0.5) is 0 Å². The summed E-state index contributed by atoms with van der Waals surface area (Å²) in [5.41, 5.74) is 1.03. The van der Waals surface area contributed by atoms with Crippen molar-refractivity contribution in [2.45, 2.75) is 31.1 Å². The van der Waals surface area contributed by atoms with Crippen LogP contribution in [-0.4, -0.2) is 51.4 Å². The average Bonchev–Trinajstić information content (AvgIpc) is 3.07. The van der Waals surface area contributed by atoms with Gasteiger partial charge in [-0.15, -0.1) is 24.0 Å². The van der Waals surface area contributed by atoms with Gasteiger partial charge >= 0.3 is 0 Å². The molecule has 1 fully saturated rings. The van der Waals surface area contributed by atoms with E-state index in [-0.39, 0.29) is 24.0 Å². The summed E-state index contributed by atoms with van der Waals surface area (Å²) in [4.78, 5) is 4.31. The number of halogens is 1. The van der Waals surface area contributed by atoms with Gasteiger partial charge in [-0.05, 0) is 43.2 Å². The van der Waals surface area contributed by atoms with E-state index in [1.165, 1.54) is 18.6 Å². The van der Waals surface area contributed by atoms with Gasteiger partial charge in [-0.25, -0.2) is 0 Å². The van der Waals surface area contributed by atoms with Gasteiger partial charge < -0.3 is 24.8 Å². The lowest BCUT2D eigenvalue weighted by Gasteiger charge is -2.24. The third-order valence-corrected chi connectivity index (χ3v) is 5.88. The standard InChI is InChI=1S/C18H29N3O3S.HI/c1-18(7-6-8-25-18)12-21-17(19-2)20-11-13-9-14(22-3)16(24-5)15(10-13)23-4;/h9-10H,6-8,11-12H2,1-5H3,(H2,19,20,21);1H. The van der Waals surface area contributed by atoms with Gasteiger partial charge in [0.05, 0.1) is 21.3 Å². The lowest BCUT2D eigenvalue weighted by Crippen LogP contribution is -2.43. The highest BCUT2D eigenvalue weighted by Gasteiger charge is 2.29. The van der Waals surface area contributed by atoms with E-state index in [1.807, 2.05) is 23.9 Å². The van der Waals surface area contributed by atoms with E-state index in [0.29, 0.717) is 28.5 Å². The van der Waals surface area contributed by atoms with E-state index in [9.17, 15) is 0 Å². The van der Waals surface area contributed by atoms with Crippen molar-refractivity contribution in [3.63, 3.8) is 0 Å². The molecule has 1 unspecified atom stereocenters. The van der Waals surface area contributed by atoms with Crippen molar-refractivity contribution in [2.24, 2.45) is 4.99 Å². The zero-order chi connectivity index (χ0) is 18.3. The molecule has 148 valence electrons. The van der Waals surface area contributed by atoms with Crippen LogP contribution in [-0.2, 0) is 6.54 Å². The van der Waals surface area contributed by atoms with Crippen molar-refractivity contribution >= 4 is 41.7 Å². The summed E-state index contributed by atoms with van der Waals surface area (Å²) >= 11 is 2.03. The number of thioether (sulfide) groups is 1. The lowest BCUT2D eigenvalue weighted by atomic mass is 10.1. The molecule has 1 aromatic carbocycles. The van der Waals surface area contributed by atoms with Crippen LogP contribution in [0.15, 0.2) is 17.1 Å². The molecule has 1 heterocycles. The molecule has 0 aromatic heterocycles. The monoisotopic (exact) mass is 495 g/mol. The Morgan fingerprint density at radius 2 is 1.81 bits per heavy atom. The maximum atomic E-state index is 5.40. The fourth-order valence-corrected chi connectivity index (χ4v) is 4.14. The Morgan fingerprint density at radius 1 is 1.15 bits per heavy atom. The number of nitrogens with zero attached hydrogens (tertiary/aromatic N) is 1. The molecule has 8 heteroatoms. The van der Waals surface area contributed by atoms with Gasteiger partial charge in [-0.3, -0.25) is 4.99 Å². The predicted octanol–water partition coefficient (Wildman–Crippen LogP) is 3.28. The predicted molar refractivity (Wildman–Crippen MR) is 120 cm³/mol. The minimum atomic E-state index is 0. The SMILES string of the molecule is CN=C(NCc1cc(OC)c(OC)c(OC)c1)NCC1(C)CCCS1.I. The quantitative estimate of drug-likeness (QED) is 0.344. The molecule has 1 aliphatic rings. The zero-order valence-electron chi connectivity index (χ0n) is 16.2. The Bertz CT molecular complexity index is 582. The average molecular weight is 495 g/mol. The van der Waals surface area contributed by atoms with Crippen LogP contribution in [0.2, 0.25) is 0 Å². The molecule has 0 bridgehead atoms. The Kier molecular flexibility index (Phi) is 9.70. The fraction of sp³-hybridized carbons (Fsp3) is 0.611. The van der Waals surface area contributed by atoms with E-state index in [0.717, 1.165) is 18.1 Å². The summed E-state index contributed by atoms with van der Waals surface area (Å²) in [6.45, 7) is 3.83. The number of methoxy groups -OCH3 is 3. The number of hydrogen-bond acceptors (Lipinski definition) is 5. The van der Waals surface area contributed by atoms with Crippen molar-refractivity contribution in [1.82, 2.24) is 10.6 Å². The van der Waals surface area contributed by atoms with Crippen molar-refractivity contribution < 1.29 is 14.2 Å². The van der Waals surface area contributed by atoms with Gasteiger partial charge in [0.2, 0.25) is 5.75 Å². The van der Waals surface area contributed by atoms with Gasteiger partial charge in [0.15, 0.2) is 17.5 Å². The van der Waals surface area contributed by atoms with Gasteiger partial charge in [-0.1, -0.05) is 0 Å². The smallest absolute Gasteiger partial charge is 0.203 e. The van der Waals surface area contributed by atoms with E-state index < -0.39 is 0 Å². The number of guanidine groups is 1. The lowest BCUT2D eigenvalue weighted by molar-refractivity contribution is 0.323. The number of rotatable bonds is 7. The molecule has 2 N–H and O–H groups in total. The number of aliphatic imine (C=N–C) groups is 1. The van der Waals surface area contributed by atoms with Gasteiger partial charge in [0, 0.05) is 24.9 Å². The second-order valence-corrected chi connectivity index (χ2v) is 7.90. The first kappa shape index (κ1) is 23.0. The Hall–Kier alpha value is -1.03.